The fourth-order valence-corrected chi connectivity index (χ4v) is 8.07. The van der Waals surface area contributed by atoms with Gasteiger partial charge < -0.3 is 5.11 Å². The molecular formula is C28H38O. The van der Waals surface area contributed by atoms with E-state index in [4.69, 9.17) is 0 Å². The van der Waals surface area contributed by atoms with Crippen LogP contribution in [0.2, 0.25) is 0 Å². The molecule has 4 aliphatic carbocycles. The van der Waals surface area contributed by atoms with Crippen molar-refractivity contribution in [2.75, 3.05) is 0 Å². The molecule has 1 heteroatoms. The fraction of sp³-hybridized carbons (Fsp3) is 0.643. The van der Waals surface area contributed by atoms with Crippen LogP contribution < -0.4 is 0 Å². The molecule has 0 aliphatic heterocycles. The van der Waals surface area contributed by atoms with Gasteiger partial charge in [-0.1, -0.05) is 68.0 Å². The molecule has 1 nitrogen and oxygen atoms in total. The van der Waals surface area contributed by atoms with E-state index >= 15 is 0 Å². The summed E-state index contributed by atoms with van der Waals surface area (Å²) in [5.74, 6) is 3.48. The number of hydrogen-bond acceptors (Lipinski definition) is 1. The number of aliphatic hydroxyl groups is 1. The van der Waals surface area contributed by atoms with Crippen LogP contribution in [0.5, 0.6) is 0 Å². The van der Waals surface area contributed by atoms with E-state index in [9.17, 15) is 5.11 Å². The number of hydrogen-bond donors (Lipinski definition) is 1. The summed E-state index contributed by atoms with van der Waals surface area (Å²) < 4.78 is 0. The quantitative estimate of drug-likeness (QED) is 0.549. The van der Waals surface area contributed by atoms with Gasteiger partial charge in [-0.2, -0.15) is 0 Å². The van der Waals surface area contributed by atoms with Gasteiger partial charge in [0, 0.05) is 0 Å². The van der Waals surface area contributed by atoms with E-state index in [1.165, 1.54) is 50.5 Å². The first-order valence-electron chi connectivity index (χ1n) is 12.1. The van der Waals surface area contributed by atoms with E-state index in [0.29, 0.717) is 10.8 Å². The molecule has 0 aromatic heterocycles. The summed E-state index contributed by atoms with van der Waals surface area (Å²) in [5.41, 5.74) is 3.82. The lowest BCUT2D eigenvalue weighted by Gasteiger charge is -2.58. The first kappa shape index (κ1) is 19.6. The number of fused-ring (bicyclic) bond motifs is 5. The highest BCUT2D eigenvalue weighted by molar-refractivity contribution is 5.48. The minimum Gasteiger partial charge on any atom is -0.393 e. The smallest absolute Gasteiger partial charge is 0.0577 e. The minimum absolute atomic E-state index is 0.0907. The number of allylic oxidation sites excluding steroid dienone is 2. The van der Waals surface area contributed by atoms with Crippen LogP contribution in [0.3, 0.4) is 0 Å². The van der Waals surface area contributed by atoms with Crippen molar-refractivity contribution in [3.05, 3.63) is 53.6 Å². The van der Waals surface area contributed by atoms with Gasteiger partial charge in [-0.15, -0.1) is 0 Å². The highest BCUT2D eigenvalue weighted by Crippen LogP contribution is 2.66. The van der Waals surface area contributed by atoms with Crippen molar-refractivity contribution >= 4 is 6.08 Å². The van der Waals surface area contributed by atoms with Crippen LogP contribution in [0.25, 0.3) is 6.08 Å². The van der Waals surface area contributed by atoms with Crippen LogP contribution in [0.15, 0.2) is 48.1 Å². The van der Waals surface area contributed by atoms with Gasteiger partial charge in [-0.25, -0.2) is 0 Å². The largest absolute Gasteiger partial charge is 0.393 e. The Morgan fingerprint density at radius 2 is 1.83 bits per heavy atom. The molecule has 3 saturated carbocycles. The van der Waals surface area contributed by atoms with Crippen molar-refractivity contribution in [1.29, 1.82) is 0 Å². The minimum atomic E-state index is -0.0907. The standard InChI is InChI=1S/C28H38O/c1-27-18-16-26-24(13-11-22-19-23(29)15-17-28(22,26)2)25(27)14-12-21(27)10-6-9-20-7-4-3-5-8-20/h3-9,11,21,23-26,29H,10,12-19H2,1-2H3/b9-6+/t21-,23-,24-,25-,26-,27+,28-/m0/s1. The van der Waals surface area contributed by atoms with Crippen LogP contribution in [-0.4, -0.2) is 11.2 Å². The van der Waals surface area contributed by atoms with Gasteiger partial charge in [0.05, 0.1) is 6.10 Å². The molecule has 0 unspecified atom stereocenters. The van der Waals surface area contributed by atoms with Crippen LogP contribution in [-0.2, 0) is 0 Å². The van der Waals surface area contributed by atoms with Gasteiger partial charge in [0.25, 0.3) is 0 Å². The summed E-state index contributed by atoms with van der Waals surface area (Å²) in [6.07, 6.45) is 18.6. The number of rotatable bonds is 3. The van der Waals surface area contributed by atoms with Crippen LogP contribution in [0.1, 0.15) is 77.2 Å². The Kier molecular flexibility index (Phi) is 5.01. The molecule has 29 heavy (non-hydrogen) atoms. The molecule has 5 rings (SSSR count). The zero-order valence-corrected chi connectivity index (χ0v) is 18.3. The second-order valence-electron chi connectivity index (χ2n) is 11.0. The predicted octanol–water partition coefficient (Wildman–Crippen LogP) is 7.03. The summed E-state index contributed by atoms with van der Waals surface area (Å²) >= 11 is 0. The molecule has 1 N–H and O–H groups in total. The molecule has 0 radical (unpaired) electrons. The highest BCUT2D eigenvalue weighted by atomic mass is 16.3. The van der Waals surface area contributed by atoms with E-state index < -0.39 is 0 Å². The molecule has 0 bridgehead atoms. The Labute approximate surface area is 177 Å². The Morgan fingerprint density at radius 3 is 2.66 bits per heavy atom. The van der Waals surface area contributed by atoms with E-state index in [2.05, 4.69) is 62.4 Å². The molecule has 1 aromatic rings. The van der Waals surface area contributed by atoms with Crippen molar-refractivity contribution in [2.45, 2.75) is 77.7 Å². The Bertz CT molecular complexity index is 792. The maximum Gasteiger partial charge on any atom is 0.0577 e. The third kappa shape index (κ3) is 3.25. The molecule has 7 atom stereocenters. The van der Waals surface area contributed by atoms with Crippen LogP contribution in [0.4, 0.5) is 0 Å². The average Bonchev–Trinajstić information content (AvgIpc) is 3.06. The third-order valence-corrected chi connectivity index (χ3v) is 9.80. The highest BCUT2D eigenvalue weighted by Gasteiger charge is 2.58. The zero-order chi connectivity index (χ0) is 20.1. The van der Waals surface area contributed by atoms with Crippen molar-refractivity contribution in [3.63, 3.8) is 0 Å². The van der Waals surface area contributed by atoms with E-state index in [1.54, 1.807) is 5.57 Å². The molecule has 0 saturated heterocycles. The SMILES string of the molecule is C[C@]12CC[C@H]3[C@@H](CC=C4C[C@@H](O)CC[C@@]43C)[C@@H]1CC[C@@H]2C/C=C/c1ccccc1. The first-order chi connectivity index (χ1) is 14.0. The maximum atomic E-state index is 10.2. The lowest BCUT2D eigenvalue weighted by atomic mass is 9.47. The first-order valence-corrected chi connectivity index (χ1v) is 12.1. The second kappa shape index (κ2) is 7.41. The molecule has 3 fully saturated rings. The molecule has 4 aliphatic rings. The molecule has 0 spiro atoms. The Hall–Kier alpha value is -1.34. The fourth-order valence-electron chi connectivity index (χ4n) is 8.07. The summed E-state index contributed by atoms with van der Waals surface area (Å²) in [5, 5.41) is 10.2. The lowest BCUT2D eigenvalue weighted by Crippen LogP contribution is -2.50. The second-order valence-corrected chi connectivity index (χ2v) is 11.0. The summed E-state index contributed by atoms with van der Waals surface area (Å²) in [6.45, 7) is 5.17. The van der Waals surface area contributed by atoms with Gasteiger partial charge in [0.1, 0.15) is 0 Å². The Balaban J connectivity index is 1.32. The van der Waals surface area contributed by atoms with Gasteiger partial charge in [-0.05, 0) is 97.9 Å². The molecule has 1 aromatic carbocycles. The van der Waals surface area contributed by atoms with E-state index in [0.717, 1.165) is 36.5 Å². The molecule has 0 amide bonds. The topological polar surface area (TPSA) is 20.2 Å². The average molecular weight is 391 g/mol. The predicted molar refractivity (Wildman–Crippen MR) is 121 cm³/mol. The number of aliphatic hydroxyl groups excluding tert-OH is 1. The number of benzene rings is 1. The molecular weight excluding hydrogens is 352 g/mol. The molecule has 156 valence electrons. The van der Waals surface area contributed by atoms with Gasteiger partial charge in [0.15, 0.2) is 0 Å². The van der Waals surface area contributed by atoms with E-state index in [-0.39, 0.29) is 6.10 Å². The normalized spacial score (nSPS) is 44.1. The van der Waals surface area contributed by atoms with Crippen molar-refractivity contribution in [1.82, 2.24) is 0 Å². The van der Waals surface area contributed by atoms with Crippen LogP contribution >= 0.6 is 0 Å². The van der Waals surface area contributed by atoms with Gasteiger partial charge in [0.2, 0.25) is 0 Å². The lowest BCUT2D eigenvalue weighted by molar-refractivity contribution is -0.0492. The van der Waals surface area contributed by atoms with Gasteiger partial charge in [-0.3, -0.25) is 0 Å². The maximum absolute atomic E-state index is 10.2. The van der Waals surface area contributed by atoms with E-state index in [1.807, 2.05) is 0 Å². The third-order valence-electron chi connectivity index (χ3n) is 9.80. The van der Waals surface area contributed by atoms with Crippen LogP contribution in [0, 0.1) is 34.5 Å². The van der Waals surface area contributed by atoms with Crippen molar-refractivity contribution in [3.8, 4) is 0 Å². The summed E-state index contributed by atoms with van der Waals surface area (Å²) in [6, 6.07) is 10.8. The Morgan fingerprint density at radius 1 is 1.00 bits per heavy atom. The van der Waals surface area contributed by atoms with Crippen molar-refractivity contribution in [2.24, 2.45) is 34.5 Å². The zero-order valence-electron chi connectivity index (χ0n) is 18.3. The molecule has 0 heterocycles. The van der Waals surface area contributed by atoms with Crippen molar-refractivity contribution < 1.29 is 5.11 Å². The summed E-state index contributed by atoms with van der Waals surface area (Å²) in [4.78, 5) is 0. The van der Waals surface area contributed by atoms with Gasteiger partial charge >= 0.3 is 0 Å². The monoisotopic (exact) mass is 390 g/mol. The summed E-state index contributed by atoms with van der Waals surface area (Å²) in [7, 11) is 0.